The van der Waals surface area contributed by atoms with E-state index in [1.165, 1.54) is 6.07 Å². The number of thioether (sulfide) groups is 1. The number of benzene rings is 2. The fraction of sp³-hybridized carbons (Fsp3) is 0.188. The summed E-state index contributed by atoms with van der Waals surface area (Å²) in [6, 6.07) is 12.8. The number of aromatic amines is 1. The SMILES string of the molecule is CSCc1cc(F)ccc1CNc1nc2ccccc2[nH]1. The number of H-pyrrole nitrogens is 1. The lowest BCUT2D eigenvalue weighted by Gasteiger charge is -2.09. The summed E-state index contributed by atoms with van der Waals surface area (Å²) in [5.74, 6) is 1.34. The quantitative estimate of drug-likeness (QED) is 0.743. The Morgan fingerprint density at radius 2 is 2.05 bits per heavy atom. The molecule has 0 spiro atoms. The first-order valence-electron chi connectivity index (χ1n) is 6.71. The zero-order valence-corrected chi connectivity index (χ0v) is 12.5. The van der Waals surface area contributed by atoms with E-state index < -0.39 is 0 Å². The van der Waals surface area contributed by atoms with E-state index in [9.17, 15) is 4.39 Å². The van der Waals surface area contributed by atoms with Gasteiger partial charge in [-0.25, -0.2) is 9.37 Å². The van der Waals surface area contributed by atoms with Gasteiger partial charge in [0.1, 0.15) is 5.82 Å². The van der Waals surface area contributed by atoms with Crippen LogP contribution in [0.5, 0.6) is 0 Å². The minimum Gasteiger partial charge on any atom is -0.352 e. The standard InChI is InChI=1S/C16H16FN3S/c1-21-10-12-8-13(17)7-6-11(12)9-18-16-19-14-4-2-3-5-15(14)20-16/h2-8H,9-10H2,1H3,(H2,18,19,20). The maximum absolute atomic E-state index is 13.3. The summed E-state index contributed by atoms with van der Waals surface area (Å²) in [7, 11) is 0. The Hall–Kier alpha value is -2.01. The van der Waals surface area contributed by atoms with Gasteiger partial charge >= 0.3 is 0 Å². The van der Waals surface area contributed by atoms with Gasteiger partial charge in [0.15, 0.2) is 0 Å². The summed E-state index contributed by atoms with van der Waals surface area (Å²) in [4.78, 5) is 7.70. The molecule has 0 amide bonds. The second kappa shape index (κ2) is 6.18. The molecule has 0 aliphatic carbocycles. The van der Waals surface area contributed by atoms with Crippen LogP contribution in [0, 0.1) is 5.82 Å². The van der Waals surface area contributed by atoms with E-state index in [0.717, 1.165) is 33.9 Å². The molecule has 0 fully saturated rings. The van der Waals surface area contributed by atoms with E-state index >= 15 is 0 Å². The van der Waals surface area contributed by atoms with Crippen molar-refractivity contribution in [2.24, 2.45) is 0 Å². The van der Waals surface area contributed by atoms with Crippen molar-refractivity contribution in [2.75, 3.05) is 11.6 Å². The molecule has 5 heteroatoms. The molecule has 2 N–H and O–H groups in total. The average molecular weight is 301 g/mol. The van der Waals surface area contributed by atoms with Crippen molar-refractivity contribution in [3.8, 4) is 0 Å². The molecule has 0 atom stereocenters. The van der Waals surface area contributed by atoms with Crippen molar-refractivity contribution in [1.29, 1.82) is 0 Å². The molecule has 3 aromatic rings. The van der Waals surface area contributed by atoms with Crippen LogP contribution in [0.3, 0.4) is 0 Å². The molecule has 21 heavy (non-hydrogen) atoms. The Bertz CT molecular complexity index is 721. The van der Waals surface area contributed by atoms with E-state index in [1.807, 2.05) is 36.6 Å². The van der Waals surface area contributed by atoms with Gasteiger partial charge in [0.05, 0.1) is 11.0 Å². The number of hydrogen-bond acceptors (Lipinski definition) is 3. The lowest BCUT2D eigenvalue weighted by molar-refractivity contribution is 0.625. The number of nitrogens with one attached hydrogen (secondary N) is 2. The molecule has 0 aliphatic rings. The largest absolute Gasteiger partial charge is 0.352 e. The fourth-order valence-electron chi connectivity index (χ4n) is 2.27. The van der Waals surface area contributed by atoms with Crippen LogP contribution in [-0.2, 0) is 12.3 Å². The number of rotatable bonds is 5. The minimum absolute atomic E-state index is 0.188. The highest BCUT2D eigenvalue weighted by Crippen LogP contribution is 2.19. The average Bonchev–Trinajstić information content (AvgIpc) is 2.89. The summed E-state index contributed by atoms with van der Waals surface area (Å²) in [5.41, 5.74) is 4.05. The Morgan fingerprint density at radius 3 is 2.86 bits per heavy atom. The molecule has 0 aliphatic heterocycles. The number of imidazole rings is 1. The number of para-hydroxylation sites is 2. The third-order valence-electron chi connectivity index (χ3n) is 3.30. The number of halogens is 1. The second-order valence-electron chi connectivity index (χ2n) is 4.80. The molecule has 3 rings (SSSR count). The predicted octanol–water partition coefficient (Wildman–Crippen LogP) is 4.18. The molecule has 1 heterocycles. The first kappa shape index (κ1) is 13.9. The van der Waals surface area contributed by atoms with E-state index in [1.54, 1.807) is 17.8 Å². The normalized spacial score (nSPS) is 11.0. The molecular formula is C16H16FN3S. The van der Waals surface area contributed by atoms with Gasteiger partial charge in [-0.2, -0.15) is 11.8 Å². The van der Waals surface area contributed by atoms with E-state index in [-0.39, 0.29) is 5.82 Å². The first-order chi connectivity index (χ1) is 10.3. The van der Waals surface area contributed by atoms with Crippen molar-refractivity contribution in [3.63, 3.8) is 0 Å². The summed E-state index contributed by atoms with van der Waals surface area (Å²) < 4.78 is 13.3. The zero-order valence-electron chi connectivity index (χ0n) is 11.7. The molecule has 0 bridgehead atoms. The van der Waals surface area contributed by atoms with Crippen LogP contribution in [-0.4, -0.2) is 16.2 Å². The maximum atomic E-state index is 13.3. The van der Waals surface area contributed by atoms with Crippen LogP contribution >= 0.6 is 11.8 Å². The number of hydrogen-bond donors (Lipinski definition) is 2. The molecule has 2 aromatic carbocycles. The molecule has 0 saturated heterocycles. The summed E-state index contributed by atoms with van der Waals surface area (Å²) >= 11 is 1.69. The monoisotopic (exact) mass is 301 g/mol. The number of nitrogens with zero attached hydrogens (tertiary/aromatic N) is 1. The second-order valence-corrected chi connectivity index (χ2v) is 5.67. The van der Waals surface area contributed by atoms with E-state index in [2.05, 4.69) is 15.3 Å². The van der Waals surface area contributed by atoms with Crippen LogP contribution in [0.2, 0.25) is 0 Å². The Morgan fingerprint density at radius 1 is 1.19 bits per heavy atom. The predicted molar refractivity (Wildman–Crippen MR) is 87.0 cm³/mol. The van der Waals surface area contributed by atoms with Crippen LogP contribution in [0.4, 0.5) is 10.3 Å². The van der Waals surface area contributed by atoms with Gasteiger partial charge in [-0.05, 0) is 41.6 Å². The first-order valence-corrected chi connectivity index (χ1v) is 8.10. The van der Waals surface area contributed by atoms with Gasteiger partial charge in [-0.3, -0.25) is 0 Å². The zero-order chi connectivity index (χ0) is 14.7. The molecule has 3 nitrogen and oxygen atoms in total. The maximum Gasteiger partial charge on any atom is 0.201 e. The highest BCUT2D eigenvalue weighted by Gasteiger charge is 2.06. The Kier molecular flexibility index (Phi) is 4.10. The summed E-state index contributed by atoms with van der Waals surface area (Å²) in [6.07, 6.45) is 2.02. The Labute approximate surface area is 127 Å². The van der Waals surface area contributed by atoms with Gasteiger partial charge in [0.25, 0.3) is 0 Å². The van der Waals surface area contributed by atoms with E-state index in [4.69, 9.17) is 0 Å². The van der Waals surface area contributed by atoms with Gasteiger partial charge in [0.2, 0.25) is 5.95 Å². The molecule has 0 saturated carbocycles. The summed E-state index contributed by atoms with van der Waals surface area (Å²) in [6.45, 7) is 0.621. The van der Waals surface area contributed by atoms with Crippen LogP contribution < -0.4 is 5.32 Å². The third-order valence-corrected chi connectivity index (χ3v) is 3.90. The highest BCUT2D eigenvalue weighted by molar-refractivity contribution is 7.97. The number of anilines is 1. The minimum atomic E-state index is -0.188. The van der Waals surface area contributed by atoms with Gasteiger partial charge in [-0.15, -0.1) is 0 Å². The van der Waals surface area contributed by atoms with E-state index in [0.29, 0.717) is 6.54 Å². The van der Waals surface area contributed by atoms with Gasteiger partial charge in [0, 0.05) is 12.3 Å². The smallest absolute Gasteiger partial charge is 0.201 e. The van der Waals surface area contributed by atoms with Gasteiger partial charge < -0.3 is 10.3 Å². The van der Waals surface area contributed by atoms with Crippen LogP contribution in [0.25, 0.3) is 11.0 Å². The van der Waals surface area contributed by atoms with Crippen molar-refractivity contribution in [1.82, 2.24) is 9.97 Å². The molecule has 0 unspecified atom stereocenters. The van der Waals surface area contributed by atoms with Crippen molar-refractivity contribution >= 4 is 28.7 Å². The molecule has 0 radical (unpaired) electrons. The lowest BCUT2D eigenvalue weighted by Crippen LogP contribution is -2.04. The van der Waals surface area contributed by atoms with Crippen LogP contribution in [0.1, 0.15) is 11.1 Å². The molecular weight excluding hydrogens is 285 g/mol. The number of aromatic nitrogens is 2. The van der Waals surface area contributed by atoms with Crippen LogP contribution in [0.15, 0.2) is 42.5 Å². The summed E-state index contributed by atoms with van der Waals surface area (Å²) in [5, 5.41) is 3.27. The highest BCUT2D eigenvalue weighted by atomic mass is 32.2. The fourth-order valence-corrected chi connectivity index (χ4v) is 2.85. The van der Waals surface area contributed by atoms with Crippen molar-refractivity contribution < 1.29 is 4.39 Å². The number of fused-ring (bicyclic) bond motifs is 1. The van der Waals surface area contributed by atoms with Crippen molar-refractivity contribution in [2.45, 2.75) is 12.3 Å². The lowest BCUT2D eigenvalue weighted by atomic mass is 10.1. The third kappa shape index (κ3) is 3.19. The molecule has 108 valence electrons. The van der Waals surface area contributed by atoms with Gasteiger partial charge in [-0.1, -0.05) is 18.2 Å². The van der Waals surface area contributed by atoms with Crippen molar-refractivity contribution in [3.05, 3.63) is 59.4 Å². The molecule has 1 aromatic heterocycles. The Balaban J connectivity index is 1.77. The topological polar surface area (TPSA) is 40.7 Å².